The van der Waals surface area contributed by atoms with Crippen LogP contribution in [0.2, 0.25) is 5.02 Å². The highest BCUT2D eigenvalue weighted by Gasteiger charge is 2.30. The van der Waals surface area contributed by atoms with Gasteiger partial charge in [-0.25, -0.2) is 14.2 Å². The van der Waals surface area contributed by atoms with E-state index >= 15 is 0 Å². The molecule has 2 heterocycles. The van der Waals surface area contributed by atoms with Gasteiger partial charge in [0.05, 0.1) is 11.6 Å². The van der Waals surface area contributed by atoms with Crippen LogP contribution in [0.4, 0.5) is 4.39 Å². The number of aromatic nitrogens is 1. The van der Waals surface area contributed by atoms with E-state index in [9.17, 15) is 14.0 Å². The number of thiazole rings is 1. The predicted molar refractivity (Wildman–Crippen MR) is 109 cm³/mol. The summed E-state index contributed by atoms with van der Waals surface area (Å²) in [5.41, 5.74) is 0.852. The quantitative estimate of drug-likeness (QED) is 0.485. The Kier molecular flexibility index (Phi) is 7.47. The zero-order valence-corrected chi connectivity index (χ0v) is 17.8. The molecule has 0 bridgehead atoms. The number of rotatable bonds is 7. The third-order valence-electron chi connectivity index (χ3n) is 4.18. The topological polar surface area (TPSA) is 91.8 Å². The van der Waals surface area contributed by atoms with E-state index in [2.05, 4.69) is 15.2 Å². The highest BCUT2D eigenvalue weighted by molar-refractivity contribution is 8.01. The van der Waals surface area contributed by atoms with Crippen LogP contribution >= 0.6 is 34.7 Å². The van der Waals surface area contributed by atoms with Gasteiger partial charge in [-0.2, -0.15) is 0 Å². The molecule has 0 saturated carbocycles. The largest absolute Gasteiger partial charge is 0.476 e. The molecule has 0 radical (unpaired) electrons. The number of hydrogen-bond donors (Lipinski definition) is 2. The van der Waals surface area contributed by atoms with Gasteiger partial charge in [0.25, 0.3) is 0 Å². The SMILES string of the molecule is CC(=O)N[C@@H](Sc1nc(C(=O)O)cs1)[C@@H]1CN(Cc2ccc(F)c(Cl)c2)CCO1. The van der Waals surface area contributed by atoms with Crippen molar-refractivity contribution in [2.24, 2.45) is 0 Å². The van der Waals surface area contributed by atoms with E-state index in [1.807, 2.05) is 0 Å². The number of thioether (sulfide) groups is 1. The van der Waals surface area contributed by atoms with Gasteiger partial charge in [-0.15, -0.1) is 11.3 Å². The number of benzene rings is 1. The van der Waals surface area contributed by atoms with Crippen LogP contribution < -0.4 is 5.32 Å². The number of hydrogen-bond acceptors (Lipinski definition) is 7. The van der Waals surface area contributed by atoms with Crippen molar-refractivity contribution >= 4 is 46.6 Å². The standard InChI is InChI=1S/C18H19ClFN3O4S2/c1-10(24)21-16(29-18-22-14(9-28-18)17(25)26)15-8-23(4-5-27-15)7-11-2-3-13(20)12(19)6-11/h2-3,6,9,15-16H,4-5,7-8H2,1H3,(H,21,24)(H,25,26)/t15-,16-/m0/s1. The van der Waals surface area contributed by atoms with Crippen LogP contribution in [0.3, 0.4) is 0 Å². The van der Waals surface area contributed by atoms with Crippen molar-refractivity contribution in [3.8, 4) is 0 Å². The molecule has 3 rings (SSSR count). The number of ether oxygens (including phenoxy) is 1. The summed E-state index contributed by atoms with van der Waals surface area (Å²) in [4.78, 5) is 28.9. The first-order valence-corrected chi connectivity index (χ1v) is 10.9. The number of nitrogens with zero attached hydrogens (tertiary/aromatic N) is 2. The van der Waals surface area contributed by atoms with E-state index in [1.165, 1.54) is 41.5 Å². The summed E-state index contributed by atoms with van der Waals surface area (Å²) < 4.78 is 19.8. The van der Waals surface area contributed by atoms with Crippen LogP contribution in [-0.2, 0) is 16.1 Å². The molecule has 1 aromatic carbocycles. The van der Waals surface area contributed by atoms with E-state index in [4.69, 9.17) is 21.4 Å². The molecular weight excluding hydrogens is 441 g/mol. The Balaban J connectivity index is 1.68. The lowest BCUT2D eigenvalue weighted by atomic mass is 10.2. The molecule has 29 heavy (non-hydrogen) atoms. The van der Waals surface area contributed by atoms with Gasteiger partial charge in [0.1, 0.15) is 17.3 Å². The lowest BCUT2D eigenvalue weighted by Gasteiger charge is -2.36. The zero-order valence-electron chi connectivity index (χ0n) is 15.4. The number of nitrogens with one attached hydrogen (secondary N) is 1. The van der Waals surface area contributed by atoms with Crippen LogP contribution in [0.15, 0.2) is 27.9 Å². The first kappa shape index (κ1) is 22.0. The first-order valence-electron chi connectivity index (χ1n) is 8.72. The van der Waals surface area contributed by atoms with Crippen LogP contribution in [0.5, 0.6) is 0 Å². The van der Waals surface area contributed by atoms with Crippen molar-refractivity contribution in [3.63, 3.8) is 0 Å². The van der Waals surface area contributed by atoms with E-state index in [0.717, 1.165) is 5.56 Å². The number of amides is 1. The Morgan fingerprint density at radius 2 is 2.34 bits per heavy atom. The van der Waals surface area contributed by atoms with Gasteiger partial charge >= 0.3 is 5.97 Å². The maximum atomic E-state index is 13.4. The Morgan fingerprint density at radius 3 is 3.00 bits per heavy atom. The number of aromatic carboxylic acids is 1. The fourth-order valence-corrected chi connectivity index (χ4v) is 5.18. The van der Waals surface area contributed by atoms with Gasteiger partial charge in [0, 0.05) is 31.9 Å². The van der Waals surface area contributed by atoms with Crippen molar-refractivity contribution in [2.75, 3.05) is 19.7 Å². The van der Waals surface area contributed by atoms with E-state index in [0.29, 0.717) is 30.6 Å². The molecule has 1 saturated heterocycles. The van der Waals surface area contributed by atoms with Crippen molar-refractivity contribution in [2.45, 2.75) is 29.3 Å². The molecule has 1 aromatic heterocycles. The van der Waals surface area contributed by atoms with E-state index in [1.54, 1.807) is 12.1 Å². The number of halogens is 2. The molecule has 1 aliphatic rings. The fourth-order valence-electron chi connectivity index (χ4n) is 2.87. The minimum atomic E-state index is -1.10. The maximum absolute atomic E-state index is 13.4. The summed E-state index contributed by atoms with van der Waals surface area (Å²) in [5.74, 6) is -1.77. The molecule has 156 valence electrons. The van der Waals surface area contributed by atoms with Crippen LogP contribution in [0.25, 0.3) is 0 Å². The summed E-state index contributed by atoms with van der Waals surface area (Å²) >= 11 is 8.33. The molecule has 2 aromatic rings. The molecule has 1 aliphatic heterocycles. The molecule has 2 atom stereocenters. The van der Waals surface area contributed by atoms with Gasteiger partial charge in [-0.05, 0) is 17.7 Å². The van der Waals surface area contributed by atoms with Gasteiger partial charge < -0.3 is 15.2 Å². The summed E-state index contributed by atoms with van der Waals surface area (Å²) in [5, 5.41) is 13.0. The molecular formula is C18H19ClFN3O4S2. The molecule has 2 N–H and O–H groups in total. The molecule has 0 unspecified atom stereocenters. The van der Waals surface area contributed by atoms with Crippen molar-refractivity contribution < 1.29 is 23.8 Å². The lowest BCUT2D eigenvalue weighted by Crippen LogP contribution is -2.51. The normalized spacial score (nSPS) is 18.4. The van der Waals surface area contributed by atoms with Crippen LogP contribution in [0.1, 0.15) is 23.0 Å². The van der Waals surface area contributed by atoms with E-state index in [-0.39, 0.29) is 22.7 Å². The Labute approximate surface area is 180 Å². The summed E-state index contributed by atoms with van der Waals surface area (Å²) in [6.07, 6.45) is -0.328. The molecule has 7 nitrogen and oxygen atoms in total. The second-order valence-electron chi connectivity index (χ2n) is 6.44. The van der Waals surface area contributed by atoms with Gasteiger partial charge in [-0.1, -0.05) is 29.4 Å². The maximum Gasteiger partial charge on any atom is 0.355 e. The molecule has 0 spiro atoms. The number of carboxylic acids is 1. The molecule has 11 heteroatoms. The second kappa shape index (κ2) is 9.86. The minimum Gasteiger partial charge on any atom is -0.476 e. The van der Waals surface area contributed by atoms with E-state index < -0.39 is 17.2 Å². The van der Waals surface area contributed by atoms with Crippen molar-refractivity contribution in [3.05, 3.63) is 45.7 Å². The summed E-state index contributed by atoms with van der Waals surface area (Å²) in [6.45, 7) is 3.67. The zero-order chi connectivity index (χ0) is 21.0. The lowest BCUT2D eigenvalue weighted by molar-refractivity contribution is -0.120. The minimum absolute atomic E-state index is 0.0292. The Morgan fingerprint density at radius 1 is 1.55 bits per heavy atom. The number of carboxylic acid groups (broad SMARTS) is 1. The summed E-state index contributed by atoms with van der Waals surface area (Å²) in [6, 6.07) is 4.63. The molecule has 1 amide bonds. The Bertz CT molecular complexity index is 898. The molecule has 0 aliphatic carbocycles. The highest BCUT2D eigenvalue weighted by atomic mass is 35.5. The van der Waals surface area contributed by atoms with Gasteiger partial charge in [0.15, 0.2) is 10.0 Å². The second-order valence-corrected chi connectivity index (χ2v) is 9.09. The number of carbonyl (C=O) groups excluding carboxylic acids is 1. The highest BCUT2D eigenvalue weighted by Crippen LogP contribution is 2.30. The van der Waals surface area contributed by atoms with Gasteiger partial charge in [-0.3, -0.25) is 9.69 Å². The first-order chi connectivity index (χ1) is 13.8. The molecule has 1 fully saturated rings. The van der Waals surface area contributed by atoms with Crippen molar-refractivity contribution in [1.82, 2.24) is 15.2 Å². The fraction of sp³-hybridized carbons (Fsp3) is 0.389. The summed E-state index contributed by atoms with van der Waals surface area (Å²) in [7, 11) is 0. The average Bonchev–Trinajstić information content (AvgIpc) is 3.13. The van der Waals surface area contributed by atoms with Crippen molar-refractivity contribution in [1.29, 1.82) is 0 Å². The third kappa shape index (κ3) is 6.13. The average molecular weight is 460 g/mol. The third-order valence-corrected chi connectivity index (χ3v) is 6.65. The van der Waals surface area contributed by atoms with Gasteiger partial charge in [0.2, 0.25) is 5.91 Å². The number of morpholine rings is 1. The predicted octanol–water partition coefficient (Wildman–Crippen LogP) is 3.09. The van der Waals surface area contributed by atoms with Crippen LogP contribution in [0, 0.1) is 5.82 Å². The number of carbonyl (C=O) groups is 2. The van der Waals surface area contributed by atoms with Crippen LogP contribution in [-0.4, -0.2) is 58.0 Å². The monoisotopic (exact) mass is 459 g/mol. The smallest absolute Gasteiger partial charge is 0.355 e. The Hall–Kier alpha value is -1.72.